The first kappa shape index (κ1) is 25.8. The van der Waals surface area contributed by atoms with Gasteiger partial charge in [-0.1, -0.05) is 12.1 Å². The molecular weight excluding hydrogens is 472 g/mol. The van der Waals surface area contributed by atoms with Gasteiger partial charge >= 0.3 is 6.61 Å². The minimum atomic E-state index is -2.97. The number of aromatic nitrogens is 1. The number of nitrogens with zero attached hydrogens (tertiary/aromatic N) is 2. The molecule has 0 radical (unpaired) electrons. The number of hydrogen-bond donors (Lipinski definition) is 2. The first-order chi connectivity index (χ1) is 17.2. The van der Waals surface area contributed by atoms with Gasteiger partial charge < -0.3 is 24.8 Å². The summed E-state index contributed by atoms with van der Waals surface area (Å²) in [5, 5.41) is 12.6. The summed E-state index contributed by atoms with van der Waals surface area (Å²) in [4.78, 5) is 31.2. The van der Waals surface area contributed by atoms with E-state index in [1.807, 2.05) is 0 Å². The molecule has 0 bridgehead atoms. The Balaban J connectivity index is 1.46. The van der Waals surface area contributed by atoms with Gasteiger partial charge in [-0.25, -0.2) is 0 Å². The van der Waals surface area contributed by atoms with E-state index in [0.717, 1.165) is 18.4 Å². The van der Waals surface area contributed by atoms with E-state index < -0.39 is 18.8 Å². The van der Waals surface area contributed by atoms with Crippen LogP contribution in [-0.2, 0) is 16.1 Å². The molecule has 2 N–H and O–H groups in total. The van der Waals surface area contributed by atoms with Gasteiger partial charge in [0.15, 0.2) is 11.5 Å². The molecule has 3 atom stereocenters. The first-order valence-electron chi connectivity index (χ1n) is 12.1. The Hall–Kier alpha value is -3.27. The third-order valence-corrected chi connectivity index (χ3v) is 6.53. The molecule has 36 heavy (non-hydrogen) atoms. The van der Waals surface area contributed by atoms with E-state index in [1.54, 1.807) is 37.3 Å². The molecule has 1 aromatic carbocycles. The number of halogens is 2. The highest BCUT2D eigenvalue weighted by atomic mass is 19.3. The van der Waals surface area contributed by atoms with Crippen molar-refractivity contribution in [2.24, 2.45) is 5.92 Å². The maximum atomic E-state index is 13.0. The number of carbonyl (C=O) groups excluding carboxylic acids is 2. The lowest BCUT2D eigenvalue weighted by molar-refractivity contribution is -0.136. The van der Waals surface area contributed by atoms with Crippen molar-refractivity contribution in [1.82, 2.24) is 15.2 Å². The number of aliphatic hydroxyl groups is 1. The quantitative estimate of drug-likeness (QED) is 0.514. The smallest absolute Gasteiger partial charge is 0.387 e. The third-order valence-electron chi connectivity index (χ3n) is 6.53. The highest BCUT2D eigenvalue weighted by Gasteiger charge is 2.39. The van der Waals surface area contributed by atoms with Crippen LogP contribution in [0, 0.1) is 5.92 Å². The van der Waals surface area contributed by atoms with Crippen molar-refractivity contribution in [3.05, 3.63) is 53.3 Å². The molecule has 2 unspecified atom stereocenters. The molecule has 2 heterocycles. The van der Waals surface area contributed by atoms with Crippen LogP contribution >= 0.6 is 0 Å². The van der Waals surface area contributed by atoms with Gasteiger partial charge in [-0.2, -0.15) is 8.78 Å². The molecule has 8 nitrogen and oxygen atoms in total. The number of amides is 2. The monoisotopic (exact) mass is 503 g/mol. The van der Waals surface area contributed by atoms with Crippen LogP contribution in [0.25, 0.3) is 0 Å². The zero-order chi connectivity index (χ0) is 25.8. The van der Waals surface area contributed by atoms with Gasteiger partial charge in [0, 0.05) is 19.4 Å². The number of likely N-dealkylation sites (tertiary alicyclic amines) is 1. The number of alkyl halides is 2. The van der Waals surface area contributed by atoms with Crippen LogP contribution in [0.3, 0.4) is 0 Å². The zero-order valence-corrected chi connectivity index (χ0v) is 20.3. The number of pyridine rings is 1. The molecule has 2 fully saturated rings. The fourth-order valence-electron chi connectivity index (χ4n) is 4.38. The molecule has 4 rings (SSSR count). The summed E-state index contributed by atoms with van der Waals surface area (Å²) in [5.41, 5.74) is 1.89. The summed E-state index contributed by atoms with van der Waals surface area (Å²) in [5.74, 6) is -0.0700. The van der Waals surface area contributed by atoms with Crippen LogP contribution in [0.2, 0.25) is 0 Å². The lowest BCUT2D eigenvalue weighted by atomic mass is 9.95. The number of benzene rings is 1. The molecular formula is C26H31F2N3O5. The first-order valence-corrected chi connectivity index (χ1v) is 12.1. The molecule has 1 saturated carbocycles. The van der Waals surface area contributed by atoms with Crippen LogP contribution in [0.15, 0.2) is 36.4 Å². The third kappa shape index (κ3) is 6.48. The van der Waals surface area contributed by atoms with E-state index in [2.05, 4.69) is 15.0 Å². The average molecular weight is 504 g/mol. The van der Waals surface area contributed by atoms with Gasteiger partial charge in [0.05, 0.1) is 30.6 Å². The summed E-state index contributed by atoms with van der Waals surface area (Å²) in [6.07, 6.45) is 1.76. The van der Waals surface area contributed by atoms with Crippen LogP contribution in [0.4, 0.5) is 8.78 Å². The Labute approximate surface area is 208 Å². The summed E-state index contributed by atoms with van der Waals surface area (Å²) in [7, 11) is 0. The Kier molecular flexibility index (Phi) is 8.03. The van der Waals surface area contributed by atoms with Crippen LogP contribution in [0.5, 0.6) is 11.5 Å². The van der Waals surface area contributed by atoms with Crippen molar-refractivity contribution in [1.29, 1.82) is 0 Å². The van der Waals surface area contributed by atoms with Gasteiger partial charge in [0.2, 0.25) is 11.8 Å². The van der Waals surface area contributed by atoms with E-state index in [9.17, 15) is 23.5 Å². The van der Waals surface area contributed by atoms with Crippen LogP contribution < -0.4 is 14.8 Å². The van der Waals surface area contributed by atoms with Crippen molar-refractivity contribution in [2.75, 3.05) is 13.2 Å². The van der Waals surface area contributed by atoms with Gasteiger partial charge in [-0.15, -0.1) is 0 Å². The van der Waals surface area contributed by atoms with E-state index in [-0.39, 0.29) is 35.8 Å². The Bertz CT molecular complexity index is 1090. The molecule has 1 aromatic heterocycles. The molecule has 1 aliphatic carbocycles. The molecule has 0 spiro atoms. The van der Waals surface area contributed by atoms with Gasteiger partial charge in [0.25, 0.3) is 0 Å². The zero-order valence-electron chi connectivity index (χ0n) is 20.3. The Morgan fingerprint density at radius 3 is 2.67 bits per heavy atom. The van der Waals surface area contributed by atoms with Crippen molar-refractivity contribution in [3.8, 4) is 11.5 Å². The minimum absolute atomic E-state index is 0.0305. The lowest BCUT2D eigenvalue weighted by Crippen LogP contribution is -2.45. The van der Waals surface area contributed by atoms with E-state index in [4.69, 9.17) is 4.74 Å². The summed E-state index contributed by atoms with van der Waals surface area (Å²) in [6, 6.07) is 9.34. The summed E-state index contributed by atoms with van der Waals surface area (Å²) < 4.78 is 36.1. The maximum absolute atomic E-state index is 13.0. The normalized spacial score (nSPS) is 20.3. The van der Waals surface area contributed by atoms with Gasteiger partial charge in [-0.05, 0) is 61.9 Å². The summed E-state index contributed by atoms with van der Waals surface area (Å²) in [6.45, 7) is 0.971. The Morgan fingerprint density at radius 2 is 2.00 bits per heavy atom. The van der Waals surface area contributed by atoms with Crippen LogP contribution in [-0.4, -0.2) is 52.6 Å². The molecule has 2 aliphatic rings. The highest BCUT2D eigenvalue weighted by molar-refractivity contribution is 5.87. The van der Waals surface area contributed by atoms with Crippen molar-refractivity contribution >= 4 is 11.8 Å². The summed E-state index contributed by atoms with van der Waals surface area (Å²) >= 11 is 0. The van der Waals surface area contributed by atoms with E-state index in [0.29, 0.717) is 36.9 Å². The minimum Gasteiger partial charge on any atom is -0.489 e. The van der Waals surface area contributed by atoms with Gasteiger partial charge in [0.1, 0.15) is 6.04 Å². The topological polar surface area (TPSA) is 101 Å². The van der Waals surface area contributed by atoms with Crippen molar-refractivity contribution < 1.29 is 33.0 Å². The molecule has 2 amide bonds. The SMILES string of the molecule is CC(=O)N1CC(c2ccc(OC(F)F)c(OCC3CC3)c2)C[C@H]1C(=O)NCc1cccc(C(C)O)n1. The number of nitrogens with one attached hydrogen (secondary N) is 1. The fourth-order valence-corrected chi connectivity index (χ4v) is 4.38. The number of rotatable bonds is 10. The second-order valence-electron chi connectivity index (χ2n) is 9.41. The predicted molar refractivity (Wildman–Crippen MR) is 127 cm³/mol. The lowest BCUT2D eigenvalue weighted by Gasteiger charge is -2.22. The maximum Gasteiger partial charge on any atom is 0.387 e. The number of aliphatic hydroxyl groups excluding tert-OH is 1. The number of hydrogen-bond acceptors (Lipinski definition) is 6. The fraction of sp³-hybridized carbons (Fsp3) is 0.500. The number of ether oxygens (including phenoxy) is 2. The van der Waals surface area contributed by atoms with Crippen LogP contribution in [0.1, 0.15) is 62.1 Å². The second-order valence-corrected chi connectivity index (χ2v) is 9.41. The van der Waals surface area contributed by atoms with Gasteiger partial charge in [-0.3, -0.25) is 14.6 Å². The molecule has 194 valence electrons. The molecule has 10 heteroatoms. The standard InChI is InChI=1S/C26H31F2N3O5/c1-15(32)21-5-3-4-20(30-21)12-29-25(34)22-10-19(13-31(22)16(2)33)18-8-9-23(36-26(27)28)24(11-18)35-14-17-6-7-17/h3-5,8-9,11,15,17,19,22,26,32H,6-7,10,12-14H2,1-2H3,(H,29,34)/t15?,19?,22-/m0/s1. The van der Waals surface area contributed by atoms with E-state index in [1.165, 1.54) is 17.9 Å². The molecule has 1 saturated heterocycles. The number of carbonyl (C=O) groups is 2. The largest absolute Gasteiger partial charge is 0.489 e. The van der Waals surface area contributed by atoms with E-state index >= 15 is 0 Å². The molecule has 1 aliphatic heterocycles. The predicted octanol–water partition coefficient (Wildman–Crippen LogP) is 3.55. The van der Waals surface area contributed by atoms with Crippen molar-refractivity contribution in [2.45, 2.75) is 64.3 Å². The molecule has 2 aromatic rings. The second kappa shape index (κ2) is 11.2. The average Bonchev–Trinajstić information content (AvgIpc) is 3.56. The Morgan fingerprint density at radius 1 is 1.22 bits per heavy atom. The highest BCUT2D eigenvalue weighted by Crippen LogP contribution is 2.39. The van der Waals surface area contributed by atoms with Crippen molar-refractivity contribution in [3.63, 3.8) is 0 Å².